The van der Waals surface area contributed by atoms with Crippen molar-refractivity contribution in [2.75, 3.05) is 19.8 Å². The second kappa shape index (κ2) is 10.8. The fourth-order valence-electron chi connectivity index (χ4n) is 2.32. The zero-order valence-corrected chi connectivity index (χ0v) is 14.8. The smallest absolute Gasteiger partial charge is 0.373 e. The van der Waals surface area contributed by atoms with Gasteiger partial charge >= 0.3 is 8.80 Å². The number of hydrogen-bond acceptors (Lipinski definition) is 3. The highest BCUT2D eigenvalue weighted by Crippen LogP contribution is 2.43. The third-order valence-corrected chi connectivity index (χ3v) is 7.41. The maximum Gasteiger partial charge on any atom is 0.504 e. The SMILES string of the molecule is CCCCO[Si](OCCCC)(OCCCC)C1CCC1. The van der Waals surface area contributed by atoms with Crippen LogP contribution in [0.2, 0.25) is 5.54 Å². The molecule has 4 heteroatoms. The third-order valence-electron chi connectivity index (χ3n) is 4.01. The summed E-state index contributed by atoms with van der Waals surface area (Å²) in [7, 11) is -2.42. The zero-order chi connectivity index (χ0) is 14.7. The average Bonchev–Trinajstić information content (AvgIpc) is 2.37. The first-order chi connectivity index (χ1) is 9.79. The van der Waals surface area contributed by atoms with Crippen LogP contribution < -0.4 is 0 Å². The largest absolute Gasteiger partial charge is 0.504 e. The summed E-state index contributed by atoms with van der Waals surface area (Å²) < 4.78 is 18.8. The minimum atomic E-state index is -2.42. The van der Waals surface area contributed by atoms with Gasteiger partial charge in [0.1, 0.15) is 0 Å². The van der Waals surface area contributed by atoms with Gasteiger partial charge in [0.2, 0.25) is 0 Å². The van der Waals surface area contributed by atoms with E-state index in [1.165, 1.54) is 38.5 Å². The van der Waals surface area contributed by atoms with Crippen molar-refractivity contribution >= 4 is 8.80 Å². The minimum Gasteiger partial charge on any atom is -0.373 e. The molecule has 1 saturated carbocycles. The van der Waals surface area contributed by atoms with E-state index in [2.05, 4.69) is 20.8 Å². The second-order valence-electron chi connectivity index (χ2n) is 5.84. The molecule has 0 aliphatic heterocycles. The Morgan fingerprint density at radius 3 is 1.40 bits per heavy atom. The Labute approximate surface area is 126 Å². The van der Waals surface area contributed by atoms with Crippen LogP contribution in [0.25, 0.3) is 0 Å². The fourth-order valence-corrected chi connectivity index (χ4v) is 5.68. The van der Waals surface area contributed by atoms with Crippen LogP contribution in [0.4, 0.5) is 0 Å². The lowest BCUT2D eigenvalue weighted by atomic mass is 10.00. The van der Waals surface area contributed by atoms with Crippen LogP contribution >= 0.6 is 0 Å². The Morgan fingerprint density at radius 1 is 0.750 bits per heavy atom. The normalized spacial score (nSPS) is 16.4. The topological polar surface area (TPSA) is 27.7 Å². The van der Waals surface area contributed by atoms with Crippen molar-refractivity contribution in [1.29, 1.82) is 0 Å². The van der Waals surface area contributed by atoms with Gasteiger partial charge in [0.15, 0.2) is 0 Å². The lowest BCUT2D eigenvalue weighted by Crippen LogP contribution is -2.53. The van der Waals surface area contributed by atoms with Crippen molar-refractivity contribution in [3.8, 4) is 0 Å². The van der Waals surface area contributed by atoms with Gasteiger partial charge in [-0.3, -0.25) is 0 Å². The number of unbranched alkanes of at least 4 members (excludes halogenated alkanes) is 3. The predicted molar refractivity (Wildman–Crippen MR) is 85.9 cm³/mol. The molecule has 0 spiro atoms. The Bertz CT molecular complexity index is 205. The van der Waals surface area contributed by atoms with Crippen molar-refractivity contribution in [2.24, 2.45) is 0 Å². The van der Waals surface area contributed by atoms with E-state index in [9.17, 15) is 0 Å². The van der Waals surface area contributed by atoms with Gasteiger partial charge in [-0.25, -0.2) is 0 Å². The third kappa shape index (κ3) is 5.84. The summed E-state index contributed by atoms with van der Waals surface area (Å²) in [6.45, 7) is 9.01. The summed E-state index contributed by atoms with van der Waals surface area (Å²) in [5.41, 5.74) is 0.563. The molecule has 0 radical (unpaired) electrons. The van der Waals surface area contributed by atoms with E-state index in [1.807, 2.05) is 0 Å². The van der Waals surface area contributed by atoms with Gasteiger partial charge in [-0.15, -0.1) is 0 Å². The summed E-state index contributed by atoms with van der Waals surface area (Å²) in [6.07, 6.45) is 10.6. The number of rotatable bonds is 13. The Kier molecular flexibility index (Phi) is 9.77. The van der Waals surface area contributed by atoms with E-state index in [0.29, 0.717) is 5.54 Å². The molecule has 0 aromatic heterocycles. The Morgan fingerprint density at radius 2 is 1.15 bits per heavy atom. The molecular weight excluding hydrogens is 268 g/mol. The quantitative estimate of drug-likeness (QED) is 0.356. The van der Waals surface area contributed by atoms with E-state index in [4.69, 9.17) is 13.3 Å². The van der Waals surface area contributed by atoms with Crippen LogP contribution in [0, 0.1) is 0 Å². The van der Waals surface area contributed by atoms with Gasteiger partial charge in [0, 0.05) is 25.4 Å². The molecule has 0 bridgehead atoms. The molecule has 0 amide bonds. The van der Waals surface area contributed by atoms with E-state index in [-0.39, 0.29) is 0 Å². The summed E-state index contributed by atoms with van der Waals surface area (Å²) in [5.74, 6) is 0. The molecule has 0 aromatic carbocycles. The molecule has 1 aliphatic rings. The van der Waals surface area contributed by atoms with Gasteiger partial charge < -0.3 is 13.3 Å². The molecule has 0 unspecified atom stereocenters. The molecule has 0 N–H and O–H groups in total. The van der Waals surface area contributed by atoms with E-state index in [1.54, 1.807) is 0 Å². The summed E-state index contributed by atoms with van der Waals surface area (Å²) >= 11 is 0. The van der Waals surface area contributed by atoms with Gasteiger partial charge in [-0.2, -0.15) is 0 Å². The van der Waals surface area contributed by atoms with Crippen molar-refractivity contribution in [3.05, 3.63) is 0 Å². The monoisotopic (exact) mass is 302 g/mol. The summed E-state index contributed by atoms with van der Waals surface area (Å²) in [4.78, 5) is 0. The maximum atomic E-state index is 6.26. The van der Waals surface area contributed by atoms with Crippen LogP contribution in [-0.4, -0.2) is 28.6 Å². The first-order valence-electron chi connectivity index (χ1n) is 8.70. The van der Waals surface area contributed by atoms with Gasteiger partial charge in [-0.05, 0) is 32.1 Å². The Balaban J connectivity index is 2.57. The summed E-state index contributed by atoms with van der Waals surface area (Å²) in [5, 5.41) is 0. The van der Waals surface area contributed by atoms with E-state index < -0.39 is 8.80 Å². The molecule has 0 heterocycles. The van der Waals surface area contributed by atoms with Gasteiger partial charge in [-0.1, -0.05) is 46.5 Å². The van der Waals surface area contributed by atoms with Crippen molar-refractivity contribution in [3.63, 3.8) is 0 Å². The van der Waals surface area contributed by atoms with E-state index >= 15 is 0 Å². The maximum absolute atomic E-state index is 6.26. The molecule has 120 valence electrons. The summed E-state index contributed by atoms with van der Waals surface area (Å²) in [6, 6.07) is 0. The first-order valence-corrected chi connectivity index (χ1v) is 10.5. The van der Waals surface area contributed by atoms with Crippen LogP contribution in [0.3, 0.4) is 0 Å². The number of hydrogen-bond donors (Lipinski definition) is 0. The highest BCUT2D eigenvalue weighted by atomic mass is 28.4. The molecular formula is C16H34O3Si. The molecule has 1 aliphatic carbocycles. The van der Waals surface area contributed by atoms with Crippen molar-refractivity contribution < 1.29 is 13.3 Å². The van der Waals surface area contributed by atoms with Crippen LogP contribution in [0.1, 0.15) is 78.6 Å². The van der Waals surface area contributed by atoms with E-state index in [0.717, 1.165) is 39.1 Å². The van der Waals surface area contributed by atoms with Crippen LogP contribution in [-0.2, 0) is 13.3 Å². The van der Waals surface area contributed by atoms with Gasteiger partial charge in [0.05, 0.1) is 0 Å². The second-order valence-corrected chi connectivity index (χ2v) is 8.73. The molecule has 3 nitrogen and oxygen atoms in total. The van der Waals surface area contributed by atoms with Gasteiger partial charge in [0.25, 0.3) is 0 Å². The van der Waals surface area contributed by atoms with Crippen molar-refractivity contribution in [1.82, 2.24) is 0 Å². The highest BCUT2D eigenvalue weighted by molar-refractivity contribution is 6.62. The van der Waals surface area contributed by atoms with Crippen molar-refractivity contribution in [2.45, 2.75) is 84.1 Å². The molecule has 0 atom stereocenters. The predicted octanol–water partition coefficient (Wildman–Crippen LogP) is 4.93. The van der Waals surface area contributed by atoms with Crippen LogP contribution in [0.5, 0.6) is 0 Å². The lowest BCUT2D eigenvalue weighted by Gasteiger charge is -2.40. The lowest BCUT2D eigenvalue weighted by molar-refractivity contribution is 0.0377. The fraction of sp³-hybridized carbons (Fsp3) is 1.00. The first kappa shape index (κ1) is 18.1. The standard InChI is InChI=1S/C16H34O3Si/c1-4-7-13-17-20(16-11-10-12-16,18-14-8-5-2)19-15-9-6-3/h16H,4-15H2,1-3H3. The minimum absolute atomic E-state index is 0.563. The van der Waals surface area contributed by atoms with Crippen LogP contribution in [0.15, 0.2) is 0 Å². The molecule has 1 rings (SSSR count). The average molecular weight is 303 g/mol. The Hall–Kier alpha value is 0.0969. The molecule has 20 heavy (non-hydrogen) atoms. The highest BCUT2D eigenvalue weighted by Gasteiger charge is 2.51. The zero-order valence-electron chi connectivity index (χ0n) is 13.8. The molecule has 0 aromatic rings. The molecule has 0 saturated heterocycles. The molecule has 1 fully saturated rings.